The molecule has 0 unspecified atom stereocenters. The fourth-order valence-corrected chi connectivity index (χ4v) is 1.98. The third-order valence-electron chi connectivity index (χ3n) is 2.95. The second-order valence-corrected chi connectivity index (χ2v) is 4.84. The fraction of sp³-hybridized carbons (Fsp3) is 0.267. The largest absolute Gasteiger partial charge is 0.273 e. The van der Waals surface area contributed by atoms with Gasteiger partial charge in [0.05, 0.1) is 12.1 Å². The van der Waals surface area contributed by atoms with Gasteiger partial charge in [-0.15, -0.1) is 0 Å². The summed E-state index contributed by atoms with van der Waals surface area (Å²) in [6.07, 6.45) is 0.223. The van der Waals surface area contributed by atoms with E-state index in [0.717, 1.165) is 17.0 Å². The van der Waals surface area contributed by atoms with Crippen molar-refractivity contribution in [3.8, 4) is 0 Å². The van der Waals surface area contributed by atoms with Crippen molar-refractivity contribution < 1.29 is 9.59 Å². The second kappa shape index (κ2) is 6.69. The number of aromatic nitrogens is 2. The molecule has 0 fully saturated rings. The Morgan fingerprint density at radius 2 is 1.76 bits per heavy atom. The molecular formula is C15H18N4O2. The molecule has 0 radical (unpaired) electrons. The van der Waals surface area contributed by atoms with E-state index in [9.17, 15) is 9.59 Å². The summed E-state index contributed by atoms with van der Waals surface area (Å²) in [4.78, 5) is 23.4. The Morgan fingerprint density at radius 1 is 1.10 bits per heavy atom. The summed E-state index contributed by atoms with van der Waals surface area (Å²) in [6, 6.07) is 11.2. The van der Waals surface area contributed by atoms with Gasteiger partial charge >= 0.3 is 0 Å². The third kappa shape index (κ3) is 4.45. The van der Waals surface area contributed by atoms with Crippen LogP contribution in [0.1, 0.15) is 17.0 Å². The van der Waals surface area contributed by atoms with Crippen LogP contribution >= 0.6 is 0 Å². The van der Waals surface area contributed by atoms with Gasteiger partial charge < -0.3 is 0 Å². The second-order valence-electron chi connectivity index (χ2n) is 4.84. The van der Waals surface area contributed by atoms with E-state index >= 15 is 0 Å². The highest BCUT2D eigenvalue weighted by Crippen LogP contribution is 2.01. The molecule has 0 aliphatic carbocycles. The van der Waals surface area contributed by atoms with Gasteiger partial charge in [-0.05, 0) is 25.5 Å². The monoisotopic (exact) mass is 286 g/mol. The molecular weight excluding hydrogens is 268 g/mol. The molecule has 2 aromatic rings. The molecule has 6 nitrogen and oxygen atoms in total. The van der Waals surface area contributed by atoms with Gasteiger partial charge in [0.2, 0.25) is 5.91 Å². The number of amides is 2. The normalized spacial score (nSPS) is 10.2. The summed E-state index contributed by atoms with van der Waals surface area (Å²) in [5.74, 6) is -0.578. The van der Waals surface area contributed by atoms with E-state index in [-0.39, 0.29) is 24.8 Å². The van der Waals surface area contributed by atoms with Crippen LogP contribution in [0.25, 0.3) is 0 Å². The quantitative estimate of drug-likeness (QED) is 0.820. The van der Waals surface area contributed by atoms with Gasteiger partial charge in [-0.1, -0.05) is 30.3 Å². The third-order valence-corrected chi connectivity index (χ3v) is 2.95. The zero-order chi connectivity index (χ0) is 15.2. The van der Waals surface area contributed by atoms with E-state index in [1.807, 2.05) is 50.2 Å². The maximum Gasteiger partial charge on any atom is 0.260 e. The zero-order valence-electron chi connectivity index (χ0n) is 12.1. The Morgan fingerprint density at radius 3 is 2.38 bits per heavy atom. The highest BCUT2D eigenvalue weighted by molar-refractivity contribution is 5.83. The maximum absolute atomic E-state index is 11.7. The number of nitrogens with one attached hydrogen (secondary N) is 2. The molecule has 0 bridgehead atoms. The van der Waals surface area contributed by atoms with Crippen molar-refractivity contribution in [3.05, 3.63) is 53.3 Å². The topological polar surface area (TPSA) is 76.0 Å². The lowest BCUT2D eigenvalue weighted by Gasteiger charge is -2.08. The van der Waals surface area contributed by atoms with Crippen LogP contribution in [0.3, 0.4) is 0 Å². The lowest BCUT2D eigenvalue weighted by molar-refractivity contribution is -0.129. The zero-order valence-corrected chi connectivity index (χ0v) is 12.1. The predicted octanol–water partition coefficient (Wildman–Crippen LogP) is 0.890. The number of carbonyl (C=O) groups excluding carboxylic acids is 2. The van der Waals surface area contributed by atoms with Gasteiger partial charge in [-0.25, -0.2) is 0 Å². The first-order chi connectivity index (χ1) is 10.0. The molecule has 1 heterocycles. The molecule has 0 saturated carbocycles. The van der Waals surface area contributed by atoms with E-state index in [2.05, 4.69) is 16.0 Å². The van der Waals surface area contributed by atoms with Gasteiger partial charge in [-0.3, -0.25) is 25.1 Å². The molecule has 1 aromatic heterocycles. The van der Waals surface area contributed by atoms with Gasteiger partial charge in [0.1, 0.15) is 6.54 Å². The summed E-state index contributed by atoms with van der Waals surface area (Å²) < 4.78 is 1.59. The van der Waals surface area contributed by atoms with Gasteiger partial charge in [0.25, 0.3) is 5.91 Å². The molecule has 21 heavy (non-hydrogen) atoms. The molecule has 0 aliphatic rings. The Balaban J connectivity index is 1.78. The van der Waals surface area contributed by atoms with E-state index in [0.29, 0.717) is 0 Å². The molecule has 0 aliphatic heterocycles. The van der Waals surface area contributed by atoms with E-state index in [1.165, 1.54) is 0 Å². The number of rotatable bonds is 4. The van der Waals surface area contributed by atoms with Crippen LogP contribution in [0.5, 0.6) is 0 Å². The molecule has 0 spiro atoms. The number of hydrogen-bond acceptors (Lipinski definition) is 3. The Kier molecular flexibility index (Phi) is 4.71. The van der Waals surface area contributed by atoms with Crippen LogP contribution in [0, 0.1) is 13.8 Å². The standard InChI is InChI=1S/C15H18N4O2/c1-11-8-12(2)19(18-11)10-15(21)17-16-14(20)9-13-6-4-3-5-7-13/h3-8H,9-10H2,1-2H3,(H,16,20)(H,17,21). The molecule has 1 aromatic carbocycles. The summed E-state index contributed by atoms with van der Waals surface area (Å²) >= 11 is 0. The Labute approximate surface area is 123 Å². The van der Waals surface area contributed by atoms with Crippen LogP contribution < -0.4 is 10.9 Å². The SMILES string of the molecule is Cc1cc(C)n(CC(=O)NNC(=O)Cc2ccccc2)n1. The predicted molar refractivity (Wildman–Crippen MR) is 78.1 cm³/mol. The molecule has 110 valence electrons. The van der Waals surface area contributed by atoms with Crippen molar-refractivity contribution in [1.29, 1.82) is 0 Å². The van der Waals surface area contributed by atoms with Crippen LogP contribution in [0.4, 0.5) is 0 Å². The molecule has 2 amide bonds. The number of nitrogens with zero attached hydrogens (tertiary/aromatic N) is 2. The van der Waals surface area contributed by atoms with Crippen molar-refractivity contribution in [2.75, 3.05) is 0 Å². The van der Waals surface area contributed by atoms with Crippen LogP contribution in [-0.4, -0.2) is 21.6 Å². The minimum atomic E-state index is -0.317. The van der Waals surface area contributed by atoms with Crippen LogP contribution in [0.2, 0.25) is 0 Å². The highest BCUT2D eigenvalue weighted by atomic mass is 16.2. The van der Waals surface area contributed by atoms with Crippen molar-refractivity contribution in [2.45, 2.75) is 26.8 Å². The smallest absolute Gasteiger partial charge is 0.260 e. The average Bonchev–Trinajstić information content (AvgIpc) is 2.76. The summed E-state index contributed by atoms with van der Waals surface area (Å²) in [6.45, 7) is 3.82. The summed E-state index contributed by atoms with van der Waals surface area (Å²) in [7, 11) is 0. The van der Waals surface area contributed by atoms with E-state index in [1.54, 1.807) is 4.68 Å². The summed E-state index contributed by atoms with van der Waals surface area (Å²) in [5, 5.41) is 4.19. The lowest BCUT2D eigenvalue weighted by atomic mass is 10.1. The minimum Gasteiger partial charge on any atom is -0.273 e. The average molecular weight is 286 g/mol. The van der Waals surface area contributed by atoms with Crippen molar-refractivity contribution in [1.82, 2.24) is 20.6 Å². The Hall–Kier alpha value is -2.63. The summed E-state index contributed by atoms with van der Waals surface area (Å²) in [5.41, 5.74) is 7.43. The van der Waals surface area contributed by atoms with Gasteiger partial charge in [-0.2, -0.15) is 5.10 Å². The van der Waals surface area contributed by atoms with E-state index < -0.39 is 0 Å². The maximum atomic E-state index is 11.7. The van der Waals surface area contributed by atoms with Crippen LogP contribution in [-0.2, 0) is 22.6 Å². The van der Waals surface area contributed by atoms with Crippen molar-refractivity contribution >= 4 is 11.8 Å². The molecule has 2 rings (SSSR count). The molecule has 2 N–H and O–H groups in total. The lowest BCUT2D eigenvalue weighted by Crippen LogP contribution is -2.44. The molecule has 0 saturated heterocycles. The van der Waals surface area contributed by atoms with Gasteiger partial charge in [0.15, 0.2) is 0 Å². The first-order valence-corrected chi connectivity index (χ1v) is 6.67. The fourth-order valence-electron chi connectivity index (χ4n) is 1.98. The number of hydrazine groups is 1. The molecule has 0 atom stereocenters. The Bertz CT molecular complexity index is 634. The van der Waals surface area contributed by atoms with Crippen molar-refractivity contribution in [2.24, 2.45) is 0 Å². The van der Waals surface area contributed by atoms with Crippen LogP contribution in [0.15, 0.2) is 36.4 Å². The van der Waals surface area contributed by atoms with E-state index in [4.69, 9.17) is 0 Å². The number of benzene rings is 1. The first kappa shape index (κ1) is 14.8. The first-order valence-electron chi connectivity index (χ1n) is 6.67. The minimum absolute atomic E-state index is 0.0747. The van der Waals surface area contributed by atoms with Gasteiger partial charge in [0, 0.05) is 5.69 Å². The number of carbonyl (C=O) groups is 2. The number of hydrogen-bond donors (Lipinski definition) is 2. The van der Waals surface area contributed by atoms with Crippen molar-refractivity contribution in [3.63, 3.8) is 0 Å². The highest BCUT2D eigenvalue weighted by Gasteiger charge is 2.08. The number of aryl methyl sites for hydroxylation is 2. The molecule has 6 heteroatoms.